The van der Waals surface area contributed by atoms with Gasteiger partial charge in [0.25, 0.3) is 11.5 Å². The van der Waals surface area contributed by atoms with Crippen LogP contribution in [0.2, 0.25) is 5.02 Å². The van der Waals surface area contributed by atoms with Gasteiger partial charge in [-0.15, -0.1) is 5.10 Å². The van der Waals surface area contributed by atoms with Crippen molar-refractivity contribution >= 4 is 23.0 Å². The van der Waals surface area contributed by atoms with Gasteiger partial charge in [0, 0.05) is 23.9 Å². The molecule has 0 saturated carbocycles. The highest BCUT2D eigenvalue weighted by Crippen LogP contribution is 2.30. The number of methoxy groups -OCH3 is 1. The molecule has 10 heteroatoms. The molecule has 0 aliphatic rings. The van der Waals surface area contributed by atoms with E-state index in [0.717, 1.165) is 5.56 Å². The molecule has 0 radical (unpaired) electrons. The van der Waals surface area contributed by atoms with Crippen LogP contribution in [-0.4, -0.2) is 53.2 Å². The first-order valence-electron chi connectivity index (χ1n) is 11.8. The van der Waals surface area contributed by atoms with Gasteiger partial charge in [0.05, 0.1) is 23.7 Å². The van der Waals surface area contributed by atoms with E-state index in [1.54, 1.807) is 36.5 Å². The number of likely N-dealkylation sites (N-methyl/N-ethyl adjacent to an activating group) is 1. The van der Waals surface area contributed by atoms with E-state index in [1.807, 2.05) is 32.8 Å². The van der Waals surface area contributed by atoms with Gasteiger partial charge < -0.3 is 19.9 Å². The molecular weight excluding hydrogens is 497 g/mol. The summed E-state index contributed by atoms with van der Waals surface area (Å²) >= 11 is 6.13. The molecule has 1 unspecified atom stereocenters. The molecule has 1 atom stereocenters. The highest BCUT2D eigenvalue weighted by molar-refractivity contribution is 6.32. The van der Waals surface area contributed by atoms with E-state index in [2.05, 4.69) is 15.4 Å². The number of ether oxygens (including phenoxy) is 1. The molecule has 2 N–H and O–H groups in total. The van der Waals surface area contributed by atoms with Crippen molar-refractivity contribution in [3.63, 3.8) is 0 Å². The van der Waals surface area contributed by atoms with Crippen LogP contribution >= 0.6 is 11.6 Å². The maximum atomic E-state index is 13.4. The number of amides is 1. The number of aromatic amines is 1. The number of H-pyrrole nitrogens is 1. The SMILES string of the molecule is COc1cc(-c2nn3cc(C(=O)NCC(c4ccc(F)cc4)N(C)C)c(C(C)C)c3c(=O)[nH]2)ccc1Cl. The zero-order valence-corrected chi connectivity index (χ0v) is 22.1. The van der Waals surface area contributed by atoms with Crippen LogP contribution < -0.4 is 15.6 Å². The summed E-state index contributed by atoms with van der Waals surface area (Å²) in [7, 11) is 5.29. The Balaban J connectivity index is 1.69. The Morgan fingerprint density at radius 2 is 1.92 bits per heavy atom. The lowest BCUT2D eigenvalue weighted by Gasteiger charge is -2.25. The van der Waals surface area contributed by atoms with Crippen molar-refractivity contribution in [1.29, 1.82) is 0 Å². The lowest BCUT2D eigenvalue weighted by molar-refractivity contribution is 0.0940. The lowest BCUT2D eigenvalue weighted by Crippen LogP contribution is -2.34. The number of aromatic nitrogens is 3. The highest BCUT2D eigenvalue weighted by atomic mass is 35.5. The van der Waals surface area contributed by atoms with Crippen molar-refractivity contribution in [2.24, 2.45) is 0 Å². The van der Waals surface area contributed by atoms with Crippen LogP contribution in [0.5, 0.6) is 5.75 Å². The first-order chi connectivity index (χ1) is 17.6. The molecular formula is C27H29ClFN5O3. The van der Waals surface area contributed by atoms with E-state index in [-0.39, 0.29) is 29.2 Å². The number of nitrogens with one attached hydrogen (secondary N) is 2. The maximum absolute atomic E-state index is 13.4. The monoisotopic (exact) mass is 525 g/mol. The fourth-order valence-electron chi connectivity index (χ4n) is 4.38. The third-order valence-electron chi connectivity index (χ3n) is 6.26. The molecule has 0 bridgehead atoms. The van der Waals surface area contributed by atoms with Crippen LogP contribution in [0, 0.1) is 5.82 Å². The van der Waals surface area contributed by atoms with E-state index in [0.29, 0.717) is 45.3 Å². The molecule has 2 heterocycles. The second kappa shape index (κ2) is 10.7. The molecule has 0 spiro atoms. The first-order valence-corrected chi connectivity index (χ1v) is 12.2. The quantitative estimate of drug-likeness (QED) is 0.349. The minimum absolute atomic E-state index is 0.114. The summed E-state index contributed by atoms with van der Waals surface area (Å²) in [6, 6.07) is 11.1. The molecule has 0 aliphatic carbocycles. The molecule has 194 valence electrons. The number of carbonyl (C=O) groups is 1. The molecule has 4 aromatic rings. The van der Waals surface area contributed by atoms with Crippen molar-refractivity contribution in [3.8, 4) is 17.1 Å². The van der Waals surface area contributed by atoms with E-state index in [1.165, 1.54) is 23.8 Å². The van der Waals surface area contributed by atoms with E-state index < -0.39 is 0 Å². The second-order valence-electron chi connectivity index (χ2n) is 9.30. The lowest BCUT2D eigenvalue weighted by atomic mass is 9.99. The van der Waals surface area contributed by atoms with Crippen LogP contribution in [0.25, 0.3) is 16.9 Å². The summed E-state index contributed by atoms with van der Waals surface area (Å²) < 4.78 is 20.1. The Hall–Kier alpha value is -3.69. The van der Waals surface area contributed by atoms with Gasteiger partial charge in [-0.05, 0) is 55.9 Å². The molecule has 2 aromatic heterocycles. The molecule has 0 aliphatic heterocycles. The van der Waals surface area contributed by atoms with Crippen LogP contribution in [0.4, 0.5) is 4.39 Å². The van der Waals surface area contributed by atoms with E-state index >= 15 is 0 Å². The van der Waals surface area contributed by atoms with Gasteiger partial charge in [-0.3, -0.25) is 9.59 Å². The predicted octanol–water partition coefficient (Wildman–Crippen LogP) is 4.65. The number of carbonyl (C=O) groups excluding carboxylic acids is 1. The summed E-state index contributed by atoms with van der Waals surface area (Å²) in [5.74, 6) is 0.0123. The number of hydrogen-bond donors (Lipinski definition) is 2. The summed E-state index contributed by atoms with van der Waals surface area (Å²) in [6.45, 7) is 4.14. The molecule has 4 rings (SSSR count). The van der Waals surface area contributed by atoms with Crippen LogP contribution in [0.3, 0.4) is 0 Å². The summed E-state index contributed by atoms with van der Waals surface area (Å²) in [6.07, 6.45) is 1.58. The third kappa shape index (κ3) is 5.38. The van der Waals surface area contributed by atoms with Crippen molar-refractivity contribution in [2.45, 2.75) is 25.8 Å². The van der Waals surface area contributed by atoms with Gasteiger partial charge in [0.1, 0.15) is 17.1 Å². The second-order valence-corrected chi connectivity index (χ2v) is 9.70. The van der Waals surface area contributed by atoms with E-state index in [4.69, 9.17) is 16.3 Å². The Morgan fingerprint density at radius 3 is 2.54 bits per heavy atom. The zero-order chi connectivity index (χ0) is 26.9. The summed E-state index contributed by atoms with van der Waals surface area (Å²) in [4.78, 5) is 31.3. The van der Waals surface area contributed by atoms with Gasteiger partial charge in [0.2, 0.25) is 0 Å². The Labute approximate surface area is 219 Å². The number of rotatable bonds is 8. The van der Waals surface area contributed by atoms with Crippen molar-refractivity contribution in [3.05, 3.63) is 86.5 Å². The standard InChI is InChI=1S/C27H29ClFN5O3/c1-15(2)23-19(26(35)30-13-21(33(3)4)16-6-9-18(29)10-7-16)14-34-24(23)27(36)31-25(32-34)17-8-11-20(28)22(12-17)37-5/h6-12,14-15,21H,13H2,1-5H3,(H,30,35)(H,31,32,36). The van der Waals surface area contributed by atoms with Gasteiger partial charge in [0.15, 0.2) is 5.82 Å². The fourth-order valence-corrected chi connectivity index (χ4v) is 4.58. The Kier molecular flexibility index (Phi) is 7.65. The van der Waals surface area contributed by atoms with Gasteiger partial charge in [-0.1, -0.05) is 37.6 Å². The molecule has 2 aromatic carbocycles. The van der Waals surface area contributed by atoms with Gasteiger partial charge in [-0.2, -0.15) is 0 Å². The molecule has 1 amide bonds. The summed E-state index contributed by atoms with van der Waals surface area (Å²) in [5.41, 5.74) is 2.41. The van der Waals surface area contributed by atoms with Crippen molar-refractivity contribution in [1.82, 2.24) is 24.8 Å². The van der Waals surface area contributed by atoms with Crippen LogP contribution in [-0.2, 0) is 0 Å². The number of fused-ring (bicyclic) bond motifs is 1. The zero-order valence-electron chi connectivity index (χ0n) is 21.3. The topological polar surface area (TPSA) is 91.7 Å². The minimum atomic E-state index is -0.362. The fraction of sp³-hybridized carbons (Fsp3) is 0.296. The number of halogens is 2. The summed E-state index contributed by atoms with van der Waals surface area (Å²) in [5, 5.41) is 7.99. The molecule has 8 nitrogen and oxygen atoms in total. The molecule has 0 saturated heterocycles. The molecule has 0 fully saturated rings. The maximum Gasteiger partial charge on any atom is 0.275 e. The average Bonchev–Trinajstić information content (AvgIpc) is 3.26. The van der Waals surface area contributed by atoms with Crippen LogP contribution in [0.1, 0.15) is 47.3 Å². The Morgan fingerprint density at radius 1 is 1.22 bits per heavy atom. The van der Waals surface area contributed by atoms with Gasteiger partial charge in [-0.25, -0.2) is 8.91 Å². The number of nitrogens with zero attached hydrogens (tertiary/aromatic N) is 3. The van der Waals surface area contributed by atoms with Gasteiger partial charge >= 0.3 is 0 Å². The highest BCUT2D eigenvalue weighted by Gasteiger charge is 2.24. The number of benzene rings is 2. The minimum Gasteiger partial charge on any atom is -0.495 e. The molecule has 37 heavy (non-hydrogen) atoms. The van der Waals surface area contributed by atoms with Crippen molar-refractivity contribution < 1.29 is 13.9 Å². The van der Waals surface area contributed by atoms with Crippen LogP contribution in [0.15, 0.2) is 53.5 Å². The van der Waals surface area contributed by atoms with E-state index in [9.17, 15) is 14.0 Å². The predicted molar refractivity (Wildman–Crippen MR) is 142 cm³/mol. The smallest absolute Gasteiger partial charge is 0.275 e. The Bertz CT molecular complexity index is 1490. The average molecular weight is 526 g/mol. The largest absolute Gasteiger partial charge is 0.495 e. The normalized spacial score (nSPS) is 12.4. The third-order valence-corrected chi connectivity index (χ3v) is 6.57. The van der Waals surface area contributed by atoms with Crippen molar-refractivity contribution in [2.75, 3.05) is 27.7 Å². The first kappa shape index (κ1) is 26.4. The number of hydrogen-bond acceptors (Lipinski definition) is 5.